The molecule has 1 N–H and O–H groups in total. The molecule has 8 heteroatoms. The minimum atomic E-state index is -0.457. The molecule has 0 saturated carbocycles. The van der Waals surface area contributed by atoms with Crippen LogP contribution in [0.5, 0.6) is 5.75 Å². The van der Waals surface area contributed by atoms with E-state index in [-0.39, 0.29) is 17.4 Å². The second-order valence-electron chi connectivity index (χ2n) is 9.48. The van der Waals surface area contributed by atoms with Gasteiger partial charge in [-0.1, -0.05) is 35.9 Å². The highest BCUT2D eigenvalue weighted by Crippen LogP contribution is 2.42. The lowest BCUT2D eigenvalue weighted by molar-refractivity contribution is -0.138. The van der Waals surface area contributed by atoms with E-state index in [2.05, 4.69) is 10.2 Å². The van der Waals surface area contributed by atoms with Gasteiger partial charge in [0, 0.05) is 24.7 Å². The SMILES string of the molecule is COC(=O)NC(CCN1CCC2(CC1)CCN(Cc1ccc(OC)cc1)C2=O)c1cccc(Cl)c1. The third kappa shape index (κ3) is 6.08. The first-order chi connectivity index (χ1) is 16.9. The molecular weight excluding hydrogens is 466 g/mol. The van der Waals surface area contributed by atoms with Crippen molar-refractivity contribution in [1.29, 1.82) is 0 Å². The van der Waals surface area contributed by atoms with Crippen molar-refractivity contribution < 1.29 is 19.1 Å². The van der Waals surface area contributed by atoms with Gasteiger partial charge in [-0.05, 0) is 74.2 Å². The molecule has 0 aromatic heterocycles. The summed E-state index contributed by atoms with van der Waals surface area (Å²) in [5.41, 5.74) is 1.84. The molecule has 2 heterocycles. The Morgan fingerprint density at radius 2 is 1.80 bits per heavy atom. The number of carbonyl (C=O) groups excluding carboxylic acids is 2. The number of nitrogens with one attached hydrogen (secondary N) is 1. The monoisotopic (exact) mass is 499 g/mol. The van der Waals surface area contributed by atoms with E-state index >= 15 is 0 Å². The minimum Gasteiger partial charge on any atom is -0.497 e. The second-order valence-corrected chi connectivity index (χ2v) is 9.92. The molecule has 2 fully saturated rings. The molecule has 2 aromatic rings. The van der Waals surface area contributed by atoms with Crippen LogP contribution in [0.1, 0.15) is 42.9 Å². The largest absolute Gasteiger partial charge is 0.497 e. The number of benzene rings is 2. The zero-order valence-corrected chi connectivity index (χ0v) is 21.2. The predicted octanol–water partition coefficient (Wildman–Crippen LogP) is 4.65. The Kier molecular flexibility index (Phi) is 8.19. The van der Waals surface area contributed by atoms with Gasteiger partial charge >= 0.3 is 6.09 Å². The number of nitrogens with zero attached hydrogens (tertiary/aromatic N) is 2. The molecule has 7 nitrogen and oxygen atoms in total. The standard InChI is InChI=1S/C27H34ClN3O4/c1-34-23-8-6-20(7-9-23)19-31-17-13-27(25(31)32)11-15-30(16-12-27)14-10-24(29-26(33)35-2)21-4-3-5-22(28)18-21/h3-9,18,24H,10-17,19H2,1-2H3,(H,29,33). The summed E-state index contributed by atoms with van der Waals surface area (Å²) in [5, 5.41) is 3.56. The molecule has 2 aromatic carbocycles. The molecule has 188 valence electrons. The van der Waals surface area contributed by atoms with Crippen molar-refractivity contribution in [3.05, 3.63) is 64.7 Å². The van der Waals surface area contributed by atoms with Crippen LogP contribution in [-0.2, 0) is 16.1 Å². The maximum atomic E-state index is 13.4. The highest BCUT2D eigenvalue weighted by atomic mass is 35.5. The van der Waals surface area contributed by atoms with Gasteiger partial charge in [-0.25, -0.2) is 4.79 Å². The average molecular weight is 500 g/mol. The van der Waals surface area contributed by atoms with Gasteiger partial charge in [0.1, 0.15) is 5.75 Å². The zero-order valence-electron chi connectivity index (χ0n) is 20.5. The molecule has 4 rings (SSSR count). The number of halogens is 1. The van der Waals surface area contributed by atoms with Crippen LogP contribution in [0.4, 0.5) is 4.79 Å². The van der Waals surface area contributed by atoms with Crippen molar-refractivity contribution in [1.82, 2.24) is 15.1 Å². The highest BCUT2D eigenvalue weighted by Gasteiger charge is 2.47. The maximum absolute atomic E-state index is 13.4. The number of hydrogen-bond donors (Lipinski definition) is 1. The topological polar surface area (TPSA) is 71.1 Å². The highest BCUT2D eigenvalue weighted by molar-refractivity contribution is 6.30. The Balaban J connectivity index is 1.31. The molecule has 1 spiro atoms. The van der Waals surface area contributed by atoms with Crippen molar-refractivity contribution in [3.8, 4) is 5.75 Å². The molecule has 1 unspecified atom stereocenters. The number of amides is 2. The molecule has 2 aliphatic rings. The normalized spacial score (nSPS) is 18.5. The molecule has 2 saturated heterocycles. The number of ether oxygens (including phenoxy) is 2. The molecular formula is C27H34ClN3O4. The zero-order chi connectivity index (χ0) is 24.8. The molecule has 0 radical (unpaired) electrons. The molecule has 2 aliphatic heterocycles. The van der Waals surface area contributed by atoms with Gasteiger partial charge in [-0.2, -0.15) is 0 Å². The number of hydrogen-bond acceptors (Lipinski definition) is 5. The summed E-state index contributed by atoms with van der Waals surface area (Å²) in [7, 11) is 3.02. The number of rotatable bonds is 8. The van der Waals surface area contributed by atoms with Crippen molar-refractivity contribution in [3.63, 3.8) is 0 Å². The number of alkyl carbamates (subject to hydrolysis) is 1. The van der Waals surface area contributed by atoms with Crippen molar-refractivity contribution in [2.45, 2.75) is 38.3 Å². The van der Waals surface area contributed by atoms with Gasteiger partial charge in [0.2, 0.25) is 5.91 Å². The summed E-state index contributed by atoms with van der Waals surface area (Å²) < 4.78 is 10.1. The Morgan fingerprint density at radius 1 is 1.09 bits per heavy atom. The average Bonchev–Trinajstić information content (AvgIpc) is 3.17. The van der Waals surface area contributed by atoms with Crippen molar-refractivity contribution in [2.24, 2.45) is 5.41 Å². The Bertz CT molecular complexity index is 1020. The third-order valence-corrected chi connectivity index (χ3v) is 7.64. The first-order valence-corrected chi connectivity index (χ1v) is 12.5. The maximum Gasteiger partial charge on any atom is 0.407 e. The van der Waals surface area contributed by atoms with Gasteiger partial charge in [-0.3, -0.25) is 4.79 Å². The summed E-state index contributed by atoms with van der Waals surface area (Å²) >= 11 is 6.17. The van der Waals surface area contributed by atoms with Crippen LogP contribution in [-0.4, -0.2) is 62.2 Å². The Hall–Kier alpha value is -2.77. The van der Waals surface area contributed by atoms with E-state index in [4.69, 9.17) is 21.1 Å². The van der Waals surface area contributed by atoms with Crippen LogP contribution in [0.15, 0.2) is 48.5 Å². The van der Waals surface area contributed by atoms with E-state index in [1.807, 2.05) is 53.4 Å². The number of likely N-dealkylation sites (tertiary alicyclic amines) is 2. The molecule has 0 aliphatic carbocycles. The van der Waals surface area contributed by atoms with E-state index in [0.29, 0.717) is 11.6 Å². The van der Waals surface area contributed by atoms with E-state index < -0.39 is 6.09 Å². The summed E-state index contributed by atoms with van der Waals surface area (Å²) in [6, 6.07) is 15.3. The van der Waals surface area contributed by atoms with Crippen LogP contribution in [0.2, 0.25) is 5.02 Å². The van der Waals surface area contributed by atoms with Crippen LogP contribution in [0.3, 0.4) is 0 Å². The van der Waals surface area contributed by atoms with Crippen LogP contribution in [0.25, 0.3) is 0 Å². The van der Waals surface area contributed by atoms with Crippen molar-refractivity contribution in [2.75, 3.05) is 40.4 Å². The number of methoxy groups -OCH3 is 2. The Morgan fingerprint density at radius 3 is 2.46 bits per heavy atom. The van der Waals surface area contributed by atoms with E-state index in [1.165, 1.54) is 7.11 Å². The van der Waals surface area contributed by atoms with Gasteiger partial charge in [0.05, 0.1) is 25.7 Å². The fourth-order valence-corrected chi connectivity index (χ4v) is 5.42. The molecule has 1 atom stereocenters. The van der Waals surface area contributed by atoms with E-state index in [9.17, 15) is 9.59 Å². The van der Waals surface area contributed by atoms with Gasteiger partial charge in [0.25, 0.3) is 0 Å². The van der Waals surface area contributed by atoms with Crippen molar-refractivity contribution >= 4 is 23.6 Å². The van der Waals surface area contributed by atoms with Gasteiger partial charge < -0.3 is 24.6 Å². The second kappa shape index (κ2) is 11.3. The van der Waals surface area contributed by atoms with E-state index in [0.717, 1.165) is 68.7 Å². The molecule has 0 bridgehead atoms. The fourth-order valence-electron chi connectivity index (χ4n) is 5.22. The van der Waals surface area contributed by atoms with Crippen LogP contribution < -0.4 is 10.1 Å². The number of carbonyl (C=O) groups is 2. The number of piperidine rings is 1. The first-order valence-electron chi connectivity index (χ1n) is 12.2. The molecule has 35 heavy (non-hydrogen) atoms. The summed E-state index contributed by atoms with van der Waals surface area (Å²) in [5.74, 6) is 1.11. The predicted molar refractivity (Wildman–Crippen MR) is 135 cm³/mol. The van der Waals surface area contributed by atoms with E-state index in [1.54, 1.807) is 7.11 Å². The fraction of sp³-hybridized carbons (Fsp3) is 0.481. The smallest absolute Gasteiger partial charge is 0.407 e. The van der Waals surface area contributed by atoms with Gasteiger partial charge in [-0.15, -0.1) is 0 Å². The Labute approximate surface area is 212 Å². The molecule has 2 amide bonds. The first kappa shape index (κ1) is 25.3. The lowest BCUT2D eigenvalue weighted by Crippen LogP contribution is -2.45. The van der Waals surface area contributed by atoms with Crippen LogP contribution >= 0.6 is 11.6 Å². The quantitative estimate of drug-likeness (QED) is 0.572. The summed E-state index contributed by atoms with van der Waals surface area (Å²) in [6.45, 7) is 4.03. The van der Waals surface area contributed by atoms with Gasteiger partial charge in [0.15, 0.2) is 0 Å². The minimum absolute atomic E-state index is 0.190. The summed E-state index contributed by atoms with van der Waals surface area (Å²) in [6.07, 6.45) is 2.94. The third-order valence-electron chi connectivity index (χ3n) is 7.41. The van der Waals surface area contributed by atoms with Crippen LogP contribution in [0, 0.1) is 5.41 Å². The lowest BCUT2D eigenvalue weighted by atomic mass is 9.77. The lowest BCUT2D eigenvalue weighted by Gasteiger charge is -2.38. The summed E-state index contributed by atoms with van der Waals surface area (Å²) in [4.78, 5) is 29.7.